The molecule has 2 heteroatoms. The van der Waals surface area contributed by atoms with Gasteiger partial charge < -0.3 is 9.47 Å². The Hall–Kier alpha value is -6.38. The van der Waals surface area contributed by atoms with Crippen LogP contribution in [0.15, 0.2) is 188 Å². The minimum atomic E-state index is -0.0451. The van der Waals surface area contributed by atoms with Crippen LogP contribution in [-0.4, -0.2) is 10.6 Å². The lowest BCUT2D eigenvalue weighted by atomic mass is 9.81. The molecule has 0 aliphatic heterocycles. The van der Waals surface area contributed by atoms with E-state index in [1.807, 2.05) is 0 Å². The van der Waals surface area contributed by atoms with Gasteiger partial charge in [0.2, 0.25) is 0 Å². The van der Waals surface area contributed by atoms with Crippen molar-refractivity contribution in [1.82, 2.24) is 4.57 Å². The van der Waals surface area contributed by atoms with E-state index in [-0.39, 0.29) is 11.5 Å². The maximum absolute atomic E-state index is 2.52. The Labute approximate surface area is 324 Å². The van der Waals surface area contributed by atoms with E-state index in [9.17, 15) is 0 Å². The molecule has 1 heterocycles. The maximum atomic E-state index is 2.52. The third-order valence-electron chi connectivity index (χ3n) is 12.0. The maximum Gasteiger partial charge on any atom is 0.0559 e. The van der Waals surface area contributed by atoms with Crippen LogP contribution >= 0.6 is 0 Å². The molecule has 0 radical (unpaired) electrons. The van der Waals surface area contributed by atoms with E-state index < -0.39 is 0 Å². The van der Waals surface area contributed by atoms with Crippen LogP contribution in [0.25, 0.3) is 49.7 Å². The van der Waals surface area contributed by atoms with E-state index in [1.54, 1.807) is 0 Å². The molecule has 0 bridgehead atoms. The fraction of sp³-hybridized carbons (Fsp3) is 0.132. The van der Waals surface area contributed by atoms with Crippen LogP contribution in [0.3, 0.4) is 0 Å². The van der Waals surface area contributed by atoms with Gasteiger partial charge in [0.1, 0.15) is 0 Å². The van der Waals surface area contributed by atoms with Crippen molar-refractivity contribution in [2.75, 3.05) is 4.90 Å². The Bertz CT molecular complexity index is 2750. The highest BCUT2D eigenvalue weighted by Crippen LogP contribution is 2.50. The van der Waals surface area contributed by atoms with Crippen molar-refractivity contribution in [2.24, 2.45) is 0 Å². The summed E-state index contributed by atoms with van der Waals surface area (Å²) in [5, 5.41) is 2.52. The smallest absolute Gasteiger partial charge is 0.0559 e. The molecular formula is C53H44N2. The van der Waals surface area contributed by atoms with Gasteiger partial charge in [0.05, 0.1) is 17.1 Å². The zero-order valence-corrected chi connectivity index (χ0v) is 31.5. The van der Waals surface area contributed by atoms with Crippen LogP contribution in [0.4, 0.5) is 11.4 Å². The fourth-order valence-electron chi connectivity index (χ4n) is 9.13. The Kier molecular flexibility index (Phi) is 8.14. The summed E-state index contributed by atoms with van der Waals surface area (Å²) in [6.45, 7) is 4.72. The summed E-state index contributed by atoms with van der Waals surface area (Å²) in [6, 6.07) is 61.2. The average Bonchev–Trinajstić information content (AvgIpc) is 3.69. The number of para-hydroxylation sites is 1. The summed E-state index contributed by atoms with van der Waals surface area (Å²) in [5.41, 5.74) is 16.7. The van der Waals surface area contributed by atoms with Crippen LogP contribution in [0.1, 0.15) is 42.5 Å². The number of aryl methyl sites for hydroxylation is 2. The molecule has 10 rings (SSSR count). The van der Waals surface area contributed by atoms with Crippen LogP contribution in [0, 0.1) is 0 Å². The zero-order chi connectivity index (χ0) is 36.9. The van der Waals surface area contributed by atoms with Crippen molar-refractivity contribution in [3.8, 4) is 27.9 Å². The number of rotatable bonds is 8. The molecule has 0 amide bonds. The lowest BCUT2D eigenvalue weighted by Gasteiger charge is -2.33. The summed E-state index contributed by atoms with van der Waals surface area (Å²) in [4.78, 5) is 2.52. The molecule has 2 aliphatic carbocycles. The molecule has 0 saturated carbocycles. The fourth-order valence-corrected chi connectivity index (χ4v) is 9.13. The molecular weight excluding hydrogens is 665 g/mol. The minimum absolute atomic E-state index is 0.0451. The van der Waals surface area contributed by atoms with Gasteiger partial charge >= 0.3 is 0 Å². The number of allylic oxidation sites excluding steroid dienone is 2. The topological polar surface area (TPSA) is 8.17 Å². The van der Waals surface area contributed by atoms with Gasteiger partial charge in [0, 0.05) is 33.2 Å². The van der Waals surface area contributed by atoms with Gasteiger partial charge in [0.15, 0.2) is 0 Å². The lowest BCUT2D eigenvalue weighted by molar-refractivity contribution is 0.660. The number of benzene rings is 7. The predicted molar refractivity (Wildman–Crippen MR) is 233 cm³/mol. The quantitative estimate of drug-likeness (QED) is 0.153. The van der Waals surface area contributed by atoms with Crippen molar-refractivity contribution >= 4 is 33.2 Å². The van der Waals surface area contributed by atoms with Crippen LogP contribution in [0.5, 0.6) is 0 Å². The third kappa shape index (κ3) is 5.81. The standard InChI is InChI=1S/C53H44N2/c1-53(2)49-21-13-12-20-45(49)46-31-26-40(35-50(46)53)39-27-32-51-47(34-39)48-36-44(30-33-52(48)55(51)42-18-10-5-11-19-42)54(41-16-8-4-9-17-41)43-28-24-38(25-29-43)23-22-37-14-6-3-7-15-37/h3-16,18-21,24-36,41H,17,22-23H2,1-2H3. The molecule has 2 aliphatic rings. The number of hydrogen-bond acceptors (Lipinski definition) is 1. The summed E-state index contributed by atoms with van der Waals surface area (Å²) in [5.74, 6) is 0. The Balaban J connectivity index is 1.09. The summed E-state index contributed by atoms with van der Waals surface area (Å²) >= 11 is 0. The van der Waals surface area contributed by atoms with E-state index in [4.69, 9.17) is 0 Å². The second kappa shape index (κ2) is 13.5. The van der Waals surface area contributed by atoms with E-state index >= 15 is 0 Å². The SMILES string of the molecule is CC1(C)c2ccccc2-c2ccc(-c3ccc4c(c3)c3cc(N(c5ccc(CCc6ccccc6)cc5)C5C=CC=CC5)ccc3n4-c3ccccc3)cc21. The van der Waals surface area contributed by atoms with Gasteiger partial charge in [0.25, 0.3) is 0 Å². The van der Waals surface area contributed by atoms with Crippen molar-refractivity contribution in [3.63, 3.8) is 0 Å². The van der Waals surface area contributed by atoms with Gasteiger partial charge in [-0.2, -0.15) is 0 Å². The number of aromatic nitrogens is 1. The van der Waals surface area contributed by atoms with Crippen molar-refractivity contribution in [3.05, 3.63) is 210 Å². The normalized spacial score (nSPS) is 15.3. The van der Waals surface area contributed by atoms with Crippen molar-refractivity contribution in [1.29, 1.82) is 0 Å². The lowest BCUT2D eigenvalue weighted by Crippen LogP contribution is -2.29. The van der Waals surface area contributed by atoms with E-state index in [1.165, 1.54) is 83.4 Å². The number of hydrogen-bond donors (Lipinski definition) is 0. The zero-order valence-electron chi connectivity index (χ0n) is 31.5. The van der Waals surface area contributed by atoms with Gasteiger partial charge in [-0.1, -0.05) is 141 Å². The monoisotopic (exact) mass is 708 g/mol. The molecule has 0 saturated heterocycles. The number of nitrogens with zero attached hydrogens (tertiary/aromatic N) is 2. The number of fused-ring (bicyclic) bond motifs is 6. The highest BCUT2D eigenvalue weighted by molar-refractivity contribution is 6.11. The molecule has 0 spiro atoms. The Morgan fingerprint density at radius 1 is 0.545 bits per heavy atom. The second-order valence-electron chi connectivity index (χ2n) is 15.7. The summed E-state index contributed by atoms with van der Waals surface area (Å²) < 4.78 is 2.43. The molecule has 1 atom stereocenters. The number of anilines is 2. The predicted octanol–water partition coefficient (Wildman–Crippen LogP) is 13.6. The van der Waals surface area contributed by atoms with Crippen LogP contribution < -0.4 is 4.90 Å². The summed E-state index contributed by atoms with van der Waals surface area (Å²) in [7, 11) is 0. The van der Waals surface area contributed by atoms with Crippen LogP contribution in [0.2, 0.25) is 0 Å². The first-order chi connectivity index (χ1) is 27.0. The Morgan fingerprint density at radius 2 is 1.16 bits per heavy atom. The molecule has 2 nitrogen and oxygen atoms in total. The molecule has 266 valence electrons. The summed E-state index contributed by atoms with van der Waals surface area (Å²) in [6.07, 6.45) is 12.0. The second-order valence-corrected chi connectivity index (χ2v) is 15.7. The molecule has 55 heavy (non-hydrogen) atoms. The van der Waals surface area contributed by atoms with Gasteiger partial charge in [-0.15, -0.1) is 0 Å². The molecule has 0 N–H and O–H groups in total. The van der Waals surface area contributed by atoms with Gasteiger partial charge in [-0.3, -0.25) is 0 Å². The first-order valence-corrected chi connectivity index (χ1v) is 19.7. The van der Waals surface area contributed by atoms with Crippen LogP contribution in [-0.2, 0) is 18.3 Å². The van der Waals surface area contributed by atoms with E-state index in [0.29, 0.717) is 0 Å². The highest BCUT2D eigenvalue weighted by atomic mass is 15.2. The van der Waals surface area contributed by atoms with Crippen molar-refractivity contribution in [2.45, 2.75) is 44.6 Å². The van der Waals surface area contributed by atoms with Gasteiger partial charge in [-0.05, 0) is 124 Å². The molecule has 7 aromatic carbocycles. The molecule has 1 aromatic heterocycles. The largest absolute Gasteiger partial charge is 0.334 e. The van der Waals surface area contributed by atoms with E-state index in [2.05, 4.69) is 211 Å². The third-order valence-corrected chi connectivity index (χ3v) is 12.0. The highest BCUT2D eigenvalue weighted by Gasteiger charge is 2.35. The Morgan fingerprint density at radius 3 is 1.93 bits per heavy atom. The molecule has 8 aromatic rings. The molecule has 1 unspecified atom stereocenters. The van der Waals surface area contributed by atoms with Gasteiger partial charge in [-0.25, -0.2) is 0 Å². The minimum Gasteiger partial charge on any atom is -0.334 e. The first-order valence-electron chi connectivity index (χ1n) is 19.7. The van der Waals surface area contributed by atoms with Crippen molar-refractivity contribution < 1.29 is 0 Å². The molecule has 0 fully saturated rings. The first kappa shape index (κ1) is 33.2. The van der Waals surface area contributed by atoms with E-state index in [0.717, 1.165) is 19.3 Å². The average molecular weight is 709 g/mol.